The number of alkyl halides is 1. The third-order valence-corrected chi connectivity index (χ3v) is 5.38. The molecule has 4 atom stereocenters. The molecule has 4 heteroatoms. The van der Waals surface area contributed by atoms with Gasteiger partial charge in [0.25, 0.3) is 6.47 Å². The van der Waals surface area contributed by atoms with Gasteiger partial charge in [-0.3, -0.25) is 9.59 Å². The average molecular weight is 350 g/mol. The molecule has 0 bridgehead atoms. The van der Waals surface area contributed by atoms with Crippen molar-refractivity contribution >= 4 is 34.8 Å². The van der Waals surface area contributed by atoms with Crippen molar-refractivity contribution in [1.82, 2.24) is 0 Å². The van der Waals surface area contributed by atoms with E-state index in [0.717, 1.165) is 30.1 Å². The SMILES string of the molecule is C[C@]12CC[C@@H](OC=O)[C@@H](CCI)[C@@H]1CCC2=O. The zero-order valence-corrected chi connectivity index (χ0v) is 12.3. The summed E-state index contributed by atoms with van der Waals surface area (Å²) < 4.78 is 6.30. The molecule has 0 N–H and O–H groups in total. The van der Waals surface area contributed by atoms with Crippen LogP contribution >= 0.6 is 22.6 Å². The first-order valence-corrected chi connectivity index (χ1v) is 7.84. The van der Waals surface area contributed by atoms with Crippen molar-refractivity contribution in [3.63, 3.8) is 0 Å². The van der Waals surface area contributed by atoms with E-state index in [2.05, 4.69) is 29.5 Å². The zero-order chi connectivity index (χ0) is 12.5. The van der Waals surface area contributed by atoms with E-state index in [-0.39, 0.29) is 11.5 Å². The van der Waals surface area contributed by atoms with Gasteiger partial charge in [-0.25, -0.2) is 0 Å². The van der Waals surface area contributed by atoms with Crippen LogP contribution in [0.15, 0.2) is 0 Å². The molecule has 3 nitrogen and oxygen atoms in total. The summed E-state index contributed by atoms with van der Waals surface area (Å²) in [5, 5.41) is 0. The third kappa shape index (κ3) is 2.25. The van der Waals surface area contributed by atoms with Gasteiger partial charge in [-0.15, -0.1) is 0 Å². The highest BCUT2D eigenvalue weighted by Crippen LogP contribution is 2.53. The summed E-state index contributed by atoms with van der Waals surface area (Å²) in [4.78, 5) is 22.6. The molecule has 0 radical (unpaired) electrons. The predicted octanol–water partition coefficient (Wildman–Crippen LogP) is 2.75. The van der Waals surface area contributed by atoms with E-state index in [1.165, 1.54) is 0 Å². The minimum atomic E-state index is -0.140. The van der Waals surface area contributed by atoms with Gasteiger partial charge in [0.15, 0.2) is 0 Å². The summed E-state index contributed by atoms with van der Waals surface area (Å²) >= 11 is 2.36. The monoisotopic (exact) mass is 350 g/mol. The van der Waals surface area contributed by atoms with E-state index in [9.17, 15) is 9.59 Å². The lowest BCUT2D eigenvalue weighted by Gasteiger charge is -2.44. The number of ether oxygens (including phenoxy) is 1. The quantitative estimate of drug-likeness (QED) is 0.445. The van der Waals surface area contributed by atoms with Crippen LogP contribution in [0.25, 0.3) is 0 Å². The lowest BCUT2D eigenvalue weighted by Crippen LogP contribution is -2.45. The van der Waals surface area contributed by atoms with Crippen LogP contribution in [0.5, 0.6) is 0 Å². The first-order chi connectivity index (χ1) is 8.13. The molecule has 2 aliphatic rings. The maximum atomic E-state index is 12.0. The second-order valence-corrected chi connectivity index (χ2v) is 6.52. The smallest absolute Gasteiger partial charge is 0.293 e. The molecule has 0 aromatic heterocycles. The Bertz CT molecular complexity index is 318. The first-order valence-electron chi connectivity index (χ1n) is 6.32. The maximum absolute atomic E-state index is 12.0. The number of carbonyl (C=O) groups is 2. The Hall–Kier alpha value is -0.130. The molecular formula is C13H19IO3. The van der Waals surface area contributed by atoms with Gasteiger partial charge in [0.05, 0.1) is 0 Å². The van der Waals surface area contributed by atoms with Gasteiger partial charge >= 0.3 is 0 Å². The average Bonchev–Trinajstić information content (AvgIpc) is 2.60. The maximum Gasteiger partial charge on any atom is 0.293 e. The molecule has 0 heterocycles. The van der Waals surface area contributed by atoms with Crippen molar-refractivity contribution in [2.45, 2.75) is 45.1 Å². The molecule has 0 aromatic rings. The fourth-order valence-corrected chi connectivity index (χ4v) is 4.50. The number of fused-ring (bicyclic) bond motifs is 1. The van der Waals surface area contributed by atoms with E-state index in [1.54, 1.807) is 0 Å². The molecule has 96 valence electrons. The molecule has 0 unspecified atom stereocenters. The van der Waals surface area contributed by atoms with Gasteiger partial charge in [0.2, 0.25) is 0 Å². The normalized spacial score (nSPS) is 41.1. The van der Waals surface area contributed by atoms with Crippen LogP contribution in [0.4, 0.5) is 0 Å². The number of ketones is 1. The summed E-state index contributed by atoms with van der Waals surface area (Å²) in [6.45, 7) is 2.69. The van der Waals surface area contributed by atoms with Crippen LogP contribution in [-0.4, -0.2) is 22.8 Å². The van der Waals surface area contributed by atoms with E-state index in [1.807, 2.05) is 0 Å². The number of rotatable bonds is 4. The summed E-state index contributed by atoms with van der Waals surface area (Å²) in [6, 6.07) is 0. The van der Waals surface area contributed by atoms with Crippen molar-refractivity contribution in [3.8, 4) is 0 Å². The number of carbonyl (C=O) groups excluding carboxylic acids is 2. The number of hydrogen-bond donors (Lipinski definition) is 0. The summed E-state index contributed by atoms with van der Waals surface area (Å²) in [5.74, 6) is 1.22. The van der Waals surface area contributed by atoms with Crippen molar-refractivity contribution < 1.29 is 14.3 Å². The highest BCUT2D eigenvalue weighted by atomic mass is 127. The van der Waals surface area contributed by atoms with Crippen molar-refractivity contribution in [2.24, 2.45) is 17.3 Å². The predicted molar refractivity (Wildman–Crippen MR) is 73.0 cm³/mol. The van der Waals surface area contributed by atoms with Gasteiger partial charge in [-0.1, -0.05) is 29.5 Å². The standard InChI is InChI=1S/C13H19IO3/c1-13-6-4-11(17-8-15)9(5-7-14)10(13)2-3-12(13)16/h8-11H,2-7H2,1H3/t9-,10-,11+,13-/m0/s1. The molecule has 0 spiro atoms. The molecule has 0 saturated heterocycles. The van der Waals surface area contributed by atoms with Gasteiger partial charge in [-0.2, -0.15) is 0 Å². The van der Waals surface area contributed by atoms with Crippen molar-refractivity contribution in [1.29, 1.82) is 0 Å². The Morgan fingerprint density at radius 1 is 1.53 bits per heavy atom. The molecule has 2 aliphatic carbocycles. The summed E-state index contributed by atoms with van der Waals surface area (Å²) in [6.07, 6.45) is 4.51. The highest BCUT2D eigenvalue weighted by Gasteiger charge is 2.53. The second-order valence-electron chi connectivity index (χ2n) is 5.44. The van der Waals surface area contributed by atoms with E-state index < -0.39 is 0 Å². The fourth-order valence-electron chi connectivity index (χ4n) is 3.78. The minimum Gasteiger partial charge on any atom is -0.464 e. The Labute approximate surface area is 116 Å². The van der Waals surface area contributed by atoms with Crippen LogP contribution in [-0.2, 0) is 14.3 Å². The van der Waals surface area contributed by atoms with E-state index >= 15 is 0 Å². The molecule has 2 fully saturated rings. The highest BCUT2D eigenvalue weighted by molar-refractivity contribution is 14.1. The lowest BCUT2D eigenvalue weighted by atomic mass is 9.62. The van der Waals surface area contributed by atoms with E-state index in [4.69, 9.17) is 4.74 Å². The van der Waals surface area contributed by atoms with Crippen LogP contribution in [0, 0.1) is 17.3 Å². The summed E-state index contributed by atoms with van der Waals surface area (Å²) in [7, 11) is 0. The Morgan fingerprint density at radius 2 is 2.29 bits per heavy atom. The van der Waals surface area contributed by atoms with Gasteiger partial charge < -0.3 is 4.74 Å². The summed E-state index contributed by atoms with van der Waals surface area (Å²) in [5.41, 5.74) is -0.140. The van der Waals surface area contributed by atoms with E-state index in [0.29, 0.717) is 30.5 Å². The lowest BCUT2D eigenvalue weighted by molar-refractivity contribution is -0.145. The van der Waals surface area contributed by atoms with Crippen LogP contribution in [0.3, 0.4) is 0 Å². The van der Waals surface area contributed by atoms with Crippen LogP contribution in [0.1, 0.15) is 39.0 Å². The van der Waals surface area contributed by atoms with Crippen molar-refractivity contribution in [3.05, 3.63) is 0 Å². The topological polar surface area (TPSA) is 43.4 Å². The number of Topliss-reactive ketones (excluding diaryl/α,β-unsaturated/α-hetero) is 1. The number of halogens is 1. The second kappa shape index (κ2) is 5.24. The first kappa shape index (κ1) is 13.3. The van der Waals surface area contributed by atoms with Gasteiger partial charge in [0.1, 0.15) is 11.9 Å². The number of hydrogen-bond acceptors (Lipinski definition) is 3. The third-order valence-electron chi connectivity index (χ3n) is 4.75. The Balaban J connectivity index is 2.20. The fraction of sp³-hybridized carbons (Fsp3) is 0.846. The Kier molecular flexibility index (Phi) is 4.10. The molecule has 0 aliphatic heterocycles. The molecule has 2 saturated carbocycles. The van der Waals surface area contributed by atoms with Crippen LogP contribution in [0.2, 0.25) is 0 Å². The van der Waals surface area contributed by atoms with Gasteiger partial charge in [-0.05, 0) is 36.0 Å². The minimum absolute atomic E-state index is 0.0336. The van der Waals surface area contributed by atoms with Gasteiger partial charge in [0, 0.05) is 17.8 Å². The molecule has 17 heavy (non-hydrogen) atoms. The zero-order valence-electron chi connectivity index (χ0n) is 10.2. The Morgan fingerprint density at radius 3 is 2.94 bits per heavy atom. The van der Waals surface area contributed by atoms with Crippen molar-refractivity contribution in [2.75, 3.05) is 4.43 Å². The largest absolute Gasteiger partial charge is 0.464 e. The molecular weight excluding hydrogens is 331 g/mol. The van der Waals surface area contributed by atoms with Crippen LogP contribution < -0.4 is 0 Å². The molecule has 0 amide bonds. The molecule has 0 aromatic carbocycles. The molecule has 2 rings (SSSR count).